The van der Waals surface area contributed by atoms with E-state index >= 15 is 0 Å². The number of nitrogen functional groups attached to an aromatic ring is 1. The van der Waals surface area contributed by atoms with Crippen LogP contribution in [0.5, 0.6) is 0 Å². The van der Waals surface area contributed by atoms with Crippen molar-refractivity contribution in [3.8, 4) is 0 Å². The zero-order chi connectivity index (χ0) is 15.0. The molecule has 0 saturated heterocycles. The summed E-state index contributed by atoms with van der Waals surface area (Å²) >= 11 is 1.78. The molecule has 0 unspecified atom stereocenters. The van der Waals surface area contributed by atoms with Crippen LogP contribution in [0.1, 0.15) is 42.6 Å². The van der Waals surface area contributed by atoms with Crippen molar-refractivity contribution in [1.29, 1.82) is 0 Å². The maximum absolute atomic E-state index is 5.90. The van der Waals surface area contributed by atoms with E-state index in [0.717, 1.165) is 31.7 Å². The number of rotatable bonds is 2. The van der Waals surface area contributed by atoms with Gasteiger partial charge >= 0.3 is 0 Å². The van der Waals surface area contributed by atoms with Gasteiger partial charge in [0.05, 0.1) is 12.2 Å². The van der Waals surface area contributed by atoms with E-state index in [9.17, 15) is 0 Å². The summed E-state index contributed by atoms with van der Waals surface area (Å²) in [6, 6.07) is 6.29. The van der Waals surface area contributed by atoms with Gasteiger partial charge in [0, 0.05) is 29.6 Å². The molecule has 0 amide bonds. The quantitative estimate of drug-likeness (QED) is 0.862. The van der Waals surface area contributed by atoms with Gasteiger partial charge < -0.3 is 5.73 Å². The van der Waals surface area contributed by atoms with Gasteiger partial charge in [0.2, 0.25) is 0 Å². The fraction of sp³-hybridized carbons (Fsp3) is 0.471. The van der Waals surface area contributed by atoms with Crippen LogP contribution in [0.25, 0.3) is 0 Å². The third-order valence-corrected chi connectivity index (χ3v) is 4.83. The van der Waals surface area contributed by atoms with Crippen LogP contribution in [0, 0.1) is 0 Å². The van der Waals surface area contributed by atoms with Crippen molar-refractivity contribution in [3.63, 3.8) is 0 Å². The SMILES string of the molecule is CC(C)(C)c1csc(CN2CCc3ccc(N)cc3C2)n1. The molecule has 0 atom stereocenters. The van der Waals surface area contributed by atoms with Crippen LogP contribution in [0.3, 0.4) is 0 Å². The molecule has 0 saturated carbocycles. The van der Waals surface area contributed by atoms with E-state index < -0.39 is 0 Å². The molecular formula is C17H23N3S. The Hall–Kier alpha value is -1.39. The van der Waals surface area contributed by atoms with Crippen LogP contribution < -0.4 is 5.73 Å². The predicted molar refractivity (Wildman–Crippen MR) is 89.5 cm³/mol. The van der Waals surface area contributed by atoms with Crippen LogP contribution >= 0.6 is 11.3 Å². The lowest BCUT2D eigenvalue weighted by atomic mass is 9.93. The number of fused-ring (bicyclic) bond motifs is 1. The average Bonchev–Trinajstić information content (AvgIpc) is 2.86. The maximum Gasteiger partial charge on any atom is 0.107 e. The predicted octanol–water partition coefficient (Wildman–Crippen LogP) is 3.58. The van der Waals surface area contributed by atoms with Gasteiger partial charge in [-0.2, -0.15) is 0 Å². The van der Waals surface area contributed by atoms with Crippen molar-refractivity contribution in [3.05, 3.63) is 45.4 Å². The molecule has 2 heterocycles. The Balaban J connectivity index is 1.71. The Morgan fingerprint density at radius 3 is 2.81 bits per heavy atom. The van der Waals surface area contributed by atoms with Crippen molar-refractivity contribution in [2.24, 2.45) is 0 Å². The molecule has 0 spiro atoms. The highest BCUT2D eigenvalue weighted by molar-refractivity contribution is 7.09. The van der Waals surface area contributed by atoms with Crippen molar-refractivity contribution in [2.45, 2.75) is 45.7 Å². The first kappa shape index (κ1) is 14.5. The van der Waals surface area contributed by atoms with E-state index in [4.69, 9.17) is 10.7 Å². The van der Waals surface area contributed by atoms with E-state index in [0.29, 0.717) is 0 Å². The fourth-order valence-electron chi connectivity index (χ4n) is 2.69. The van der Waals surface area contributed by atoms with Crippen LogP contribution in [-0.4, -0.2) is 16.4 Å². The molecule has 1 aliphatic heterocycles. The van der Waals surface area contributed by atoms with E-state index in [1.807, 2.05) is 6.07 Å². The number of hydrogen-bond donors (Lipinski definition) is 1. The molecule has 2 aromatic rings. The lowest BCUT2D eigenvalue weighted by molar-refractivity contribution is 0.245. The Bertz CT molecular complexity index is 640. The van der Waals surface area contributed by atoms with Crippen LogP contribution in [-0.2, 0) is 24.9 Å². The summed E-state index contributed by atoms with van der Waals surface area (Å²) in [6.07, 6.45) is 1.10. The van der Waals surface area contributed by atoms with Crippen LogP contribution in [0.4, 0.5) is 5.69 Å². The lowest BCUT2D eigenvalue weighted by Crippen LogP contribution is -2.30. The second-order valence-electron chi connectivity index (χ2n) is 6.87. The normalized spacial score (nSPS) is 16.0. The van der Waals surface area contributed by atoms with Crippen LogP contribution in [0.15, 0.2) is 23.6 Å². The van der Waals surface area contributed by atoms with Gasteiger partial charge in [0.25, 0.3) is 0 Å². The smallest absolute Gasteiger partial charge is 0.107 e. The first-order valence-corrected chi connectivity index (χ1v) is 8.34. The summed E-state index contributed by atoms with van der Waals surface area (Å²) in [5, 5.41) is 3.41. The summed E-state index contributed by atoms with van der Waals surface area (Å²) < 4.78 is 0. The Morgan fingerprint density at radius 1 is 1.29 bits per heavy atom. The van der Waals surface area contributed by atoms with Gasteiger partial charge in [0.15, 0.2) is 0 Å². The molecule has 21 heavy (non-hydrogen) atoms. The zero-order valence-corrected chi connectivity index (χ0v) is 13.8. The van der Waals surface area contributed by atoms with Gasteiger partial charge in [-0.25, -0.2) is 4.98 Å². The molecular weight excluding hydrogens is 278 g/mol. The Kier molecular flexibility index (Phi) is 3.76. The first-order chi connectivity index (χ1) is 9.91. The number of aromatic nitrogens is 1. The molecule has 0 bridgehead atoms. The molecule has 2 N–H and O–H groups in total. The first-order valence-electron chi connectivity index (χ1n) is 7.46. The summed E-state index contributed by atoms with van der Waals surface area (Å²) in [6.45, 7) is 9.66. The number of anilines is 1. The highest BCUT2D eigenvalue weighted by Crippen LogP contribution is 2.26. The average molecular weight is 301 g/mol. The van der Waals surface area contributed by atoms with E-state index in [1.165, 1.54) is 21.8 Å². The minimum Gasteiger partial charge on any atom is -0.399 e. The monoisotopic (exact) mass is 301 g/mol. The number of nitrogens with zero attached hydrogens (tertiary/aromatic N) is 2. The highest BCUT2D eigenvalue weighted by Gasteiger charge is 2.20. The number of thiazole rings is 1. The lowest BCUT2D eigenvalue weighted by Gasteiger charge is -2.28. The minimum atomic E-state index is 0.137. The largest absolute Gasteiger partial charge is 0.399 e. The molecule has 3 rings (SSSR count). The summed E-state index contributed by atoms with van der Waals surface area (Å²) in [7, 11) is 0. The molecule has 3 nitrogen and oxygen atoms in total. The molecule has 1 aliphatic rings. The number of hydrogen-bond acceptors (Lipinski definition) is 4. The van der Waals surface area contributed by atoms with Crippen molar-refractivity contribution in [2.75, 3.05) is 12.3 Å². The topological polar surface area (TPSA) is 42.1 Å². The molecule has 0 radical (unpaired) electrons. The van der Waals surface area contributed by atoms with Crippen molar-refractivity contribution < 1.29 is 0 Å². The highest BCUT2D eigenvalue weighted by atomic mass is 32.1. The summed E-state index contributed by atoms with van der Waals surface area (Å²) in [4.78, 5) is 7.27. The summed E-state index contributed by atoms with van der Waals surface area (Å²) in [5.74, 6) is 0. The standard InChI is InChI=1S/C17H23N3S/c1-17(2,3)15-11-21-16(19-15)10-20-7-6-12-4-5-14(18)8-13(12)9-20/h4-5,8,11H,6-7,9-10,18H2,1-3H3. The third kappa shape index (κ3) is 3.27. The molecule has 1 aromatic heterocycles. The van der Waals surface area contributed by atoms with E-state index in [2.05, 4.69) is 43.2 Å². The molecule has 0 fully saturated rings. The van der Waals surface area contributed by atoms with Crippen molar-refractivity contribution in [1.82, 2.24) is 9.88 Å². The fourth-order valence-corrected chi connectivity index (χ4v) is 3.75. The number of benzene rings is 1. The molecule has 1 aromatic carbocycles. The van der Waals surface area contributed by atoms with Crippen LogP contribution in [0.2, 0.25) is 0 Å². The minimum absolute atomic E-state index is 0.137. The molecule has 112 valence electrons. The molecule has 0 aliphatic carbocycles. The Morgan fingerprint density at radius 2 is 2.10 bits per heavy atom. The second-order valence-corrected chi connectivity index (χ2v) is 7.81. The number of nitrogens with two attached hydrogens (primary N) is 1. The van der Waals surface area contributed by atoms with E-state index in [1.54, 1.807) is 11.3 Å². The third-order valence-electron chi connectivity index (χ3n) is 4.00. The van der Waals surface area contributed by atoms with Crippen molar-refractivity contribution >= 4 is 17.0 Å². The van der Waals surface area contributed by atoms with Gasteiger partial charge in [-0.15, -0.1) is 11.3 Å². The second kappa shape index (κ2) is 5.43. The van der Waals surface area contributed by atoms with Gasteiger partial charge in [-0.05, 0) is 29.7 Å². The molecule has 4 heteroatoms. The van der Waals surface area contributed by atoms with Gasteiger partial charge in [-0.3, -0.25) is 4.90 Å². The zero-order valence-electron chi connectivity index (χ0n) is 13.0. The summed E-state index contributed by atoms with van der Waals surface area (Å²) in [5.41, 5.74) is 10.9. The van der Waals surface area contributed by atoms with E-state index in [-0.39, 0.29) is 5.41 Å². The Labute approximate surface area is 130 Å². The maximum atomic E-state index is 5.90. The van der Waals surface area contributed by atoms with Gasteiger partial charge in [0.1, 0.15) is 5.01 Å². The van der Waals surface area contributed by atoms with Gasteiger partial charge in [-0.1, -0.05) is 26.8 Å².